The number of aromatic nitrogens is 2. The van der Waals surface area contributed by atoms with Crippen molar-refractivity contribution in [3.05, 3.63) is 47.6 Å². The molecule has 1 unspecified atom stereocenters. The Balaban J connectivity index is 1.91. The van der Waals surface area contributed by atoms with Gasteiger partial charge in [0.15, 0.2) is 0 Å². The maximum Gasteiger partial charge on any atom is 0.317 e. The molecular formula is C14H18N4O2. The highest BCUT2D eigenvalue weighted by atomic mass is 16.5. The predicted octanol–water partition coefficient (Wildman–Crippen LogP) is 2.28. The first-order valence-electron chi connectivity index (χ1n) is 6.40. The van der Waals surface area contributed by atoms with Gasteiger partial charge in [-0.2, -0.15) is 0 Å². The van der Waals surface area contributed by atoms with Gasteiger partial charge in [-0.05, 0) is 31.5 Å². The van der Waals surface area contributed by atoms with Crippen LogP contribution in [-0.2, 0) is 6.54 Å². The zero-order valence-corrected chi connectivity index (χ0v) is 11.8. The average molecular weight is 274 g/mol. The minimum Gasteiger partial charge on any atom is -0.361 e. The molecule has 0 saturated carbocycles. The number of aryl methyl sites for hydroxylation is 1. The molecule has 0 aliphatic rings. The van der Waals surface area contributed by atoms with Crippen LogP contribution in [0.2, 0.25) is 0 Å². The van der Waals surface area contributed by atoms with E-state index in [2.05, 4.69) is 15.5 Å². The Bertz CT molecular complexity index is 568. The van der Waals surface area contributed by atoms with Gasteiger partial charge in [-0.25, -0.2) is 4.79 Å². The lowest BCUT2D eigenvalue weighted by Gasteiger charge is -2.20. The number of urea groups is 1. The molecule has 2 rings (SSSR count). The van der Waals surface area contributed by atoms with Gasteiger partial charge in [-0.3, -0.25) is 4.98 Å². The van der Waals surface area contributed by atoms with Gasteiger partial charge in [0.2, 0.25) is 0 Å². The molecule has 2 aromatic rings. The molecule has 20 heavy (non-hydrogen) atoms. The van der Waals surface area contributed by atoms with Crippen LogP contribution in [0.15, 0.2) is 35.1 Å². The van der Waals surface area contributed by atoms with Gasteiger partial charge < -0.3 is 14.7 Å². The minimum atomic E-state index is -0.157. The van der Waals surface area contributed by atoms with E-state index in [9.17, 15) is 4.79 Å². The monoisotopic (exact) mass is 274 g/mol. The molecule has 0 aromatic carbocycles. The van der Waals surface area contributed by atoms with Crippen molar-refractivity contribution in [3.8, 4) is 0 Å². The first-order chi connectivity index (χ1) is 9.56. The van der Waals surface area contributed by atoms with E-state index in [0.29, 0.717) is 6.54 Å². The smallest absolute Gasteiger partial charge is 0.317 e. The Hall–Kier alpha value is -2.37. The molecule has 0 saturated heterocycles. The van der Waals surface area contributed by atoms with Crippen molar-refractivity contribution in [2.24, 2.45) is 0 Å². The van der Waals surface area contributed by atoms with Crippen LogP contribution in [0.4, 0.5) is 4.79 Å². The van der Waals surface area contributed by atoms with Crippen LogP contribution >= 0.6 is 0 Å². The van der Waals surface area contributed by atoms with Crippen molar-refractivity contribution in [3.63, 3.8) is 0 Å². The summed E-state index contributed by atoms with van der Waals surface area (Å²) in [6.07, 6.45) is 3.42. The van der Waals surface area contributed by atoms with Crippen molar-refractivity contribution in [1.82, 2.24) is 20.4 Å². The van der Waals surface area contributed by atoms with Gasteiger partial charge in [0.05, 0.1) is 12.6 Å². The number of nitrogens with one attached hydrogen (secondary N) is 1. The van der Waals surface area contributed by atoms with Crippen molar-refractivity contribution >= 4 is 6.03 Å². The zero-order chi connectivity index (χ0) is 14.5. The lowest BCUT2D eigenvalue weighted by molar-refractivity contribution is 0.202. The highest BCUT2D eigenvalue weighted by Gasteiger charge is 2.14. The van der Waals surface area contributed by atoms with E-state index in [-0.39, 0.29) is 12.1 Å². The van der Waals surface area contributed by atoms with Crippen LogP contribution in [0, 0.1) is 6.92 Å². The lowest BCUT2D eigenvalue weighted by Crippen LogP contribution is -2.38. The SMILES string of the molecule is Cc1cc(CN(C)C(=O)NC(C)c2ccncc2)no1. The first-order valence-corrected chi connectivity index (χ1v) is 6.40. The van der Waals surface area contributed by atoms with Gasteiger partial charge in [-0.15, -0.1) is 0 Å². The number of carbonyl (C=O) groups excluding carboxylic acids is 1. The zero-order valence-electron chi connectivity index (χ0n) is 11.8. The molecule has 2 heterocycles. The summed E-state index contributed by atoms with van der Waals surface area (Å²) in [5.74, 6) is 0.735. The molecule has 0 bridgehead atoms. The number of pyridine rings is 1. The van der Waals surface area contributed by atoms with Crippen LogP contribution in [0.3, 0.4) is 0 Å². The Kier molecular flexibility index (Phi) is 4.34. The van der Waals surface area contributed by atoms with E-state index in [1.165, 1.54) is 0 Å². The fourth-order valence-electron chi connectivity index (χ4n) is 1.84. The molecule has 2 aromatic heterocycles. The van der Waals surface area contributed by atoms with Crippen molar-refractivity contribution in [2.75, 3.05) is 7.05 Å². The number of carbonyl (C=O) groups is 1. The summed E-state index contributed by atoms with van der Waals surface area (Å²) in [5, 5.41) is 6.79. The molecule has 0 aliphatic carbocycles. The molecule has 0 radical (unpaired) electrons. The fourth-order valence-corrected chi connectivity index (χ4v) is 1.84. The van der Waals surface area contributed by atoms with Crippen LogP contribution in [0.25, 0.3) is 0 Å². The van der Waals surface area contributed by atoms with Gasteiger partial charge in [-0.1, -0.05) is 5.16 Å². The van der Waals surface area contributed by atoms with E-state index in [0.717, 1.165) is 17.0 Å². The van der Waals surface area contributed by atoms with Gasteiger partial charge >= 0.3 is 6.03 Å². The van der Waals surface area contributed by atoms with Gasteiger partial charge in [0.1, 0.15) is 11.5 Å². The fraction of sp³-hybridized carbons (Fsp3) is 0.357. The van der Waals surface area contributed by atoms with Crippen LogP contribution < -0.4 is 5.32 Å². The van der Waals surface area contributed by atoms with E-state index in [1.54, 1.807) is 24.3 Å². The standard InChI is InChI=1S/C14H18N4O2/c1-10-8-13(17-20-10)9-18(3)14(19)16-11(2)12-4-6-15-7-5-12/h4-8,11H,9H2,1-3H3,(H,16,19). The van der Waals surface area contributed by atoms with Crippen molar-refractivity contribution in [1.29, 1.82) is 0 Å². The van der Waals surface area contributed by atoms with Crippen LogP contribution in [0.1, 0.15) is 30.0 Å². The summed E-state index contributed by atoms with van der Waals surface area (Å²) in [6.45, 7) is 4.16. The maximum atomic E-state index is 12.1. The summed E-state index contributed by atoms with van der Waals surface area (Å²) < 4.78 is 4.98. The van der Waals surface area contributed by atoms with Crippen molar-refractivity contribution in [2.45, 2.75) is 26.4 Å². The first kappa shape index (κ1) is 14.0. The molecular weight excluding hydrogens is 256 g/mol. The largest absolute Gasteiger partial charge is 0.361 e. The summed E-state index contributed by atoms with van der Waals surface area (Å²) in [6, 6.07) is 5.34. The van der Waals surface area contributed by atoms with E-state index in [4.69, 9.17) is 4.52 Å². The minimum absolute atomic E-state index is 0.0769. The van der Waals surface area contributed by atoms with Gasteiger partial charge in [0, 0.05) is 25.5 Å². The van der Waals surface area contributed by atoms with Gasteiger partial charge in [0.25, 0.3) is 0 Å². The summed E-state index contributed by atoms with van der Waals surface area (Å²) >= 11 is 0. The molecule has 0 aliphatic heterocycles. The molecule has 1 N–H and O–H groups in total. The number of hydrogen-bond donors (Lipinski definition) is 1. The third-order valence-corrected chi connectivity index (χ3v) is 2.97. The third kappa shape index (κ3) is 3.57. The quantitative estimate of drug-likeness (QED) is 0.928. The highest BCUT2D eigenvalue weighted by molar-refractivity contribution is 5.74. The average Bonchev–Trinajstić information content (AvgIpc) is 2.85. The molecule has 6 nitrogen and oxygen atoms in total. The number of rotatable bonds is 4. The maximum absolute atomic E-state index is 12.1. The second kappa shape index (κ2) is 6.18. The lowest BCUT2D eigenvalue weighted by atomic mass is 10.1. The molecule has 6 heteroatoms. The normalized spacial score (nSPS) is 11.9. The number of nitrogens with zero attached hydrogens (tertiary/aromatic N) is 3. The predicted molar refractivity (Wildman–Crippen MR) is 73.9 cm³/mol. The number of hydrogen-bond acceptors (Lipinski definition) is 4. The molecule has 106 valence electrons. The summed E-state index contributed by atoms with van der Waals surface area (Å²) in [7, 11) is 1.72. The second-order valence-corrected chi connectivity index (χ2v) is 4.74. The number of amides is 2. The molecule has 0 fully saturated rings. The second-order valence-electron chi connectivity index (χ2n) is 4.74. The molecule has 1 atom stereocenters. The van der Waals surface area contributed by atoms with Crippen LogP contribution in [0.5, 0.6) is 0 Å². The van der Waals surface area contributed by atoms with Crippen molar-refractivity contribution < 1.29 is 9.32 Å². The molecule has 2 amide bonds. The Morgan fingerprint density at radius 1 is 1.45 bits per heavy atom. The van der Waals surface area contributed by atoms with E-state index in [1.807, 2.05) is 32.0 Å². The summed E-state index contributed by atoms with van der Waals surface area (Å²) in [5.41, 5.74) is 1.75. The molecule has 0 spiro atoms. The van der Waals surface area contributed by atoms with E-state index >= 15 is 0 Å². The third-order valence-electron chi connectivity index (χ3n) is 2.97. The Morgan fingerprint density at radius 2 is 2.15 bits per heavy atom. The highest BCUT2D eigenvalue weighted by Crippen LogP contribution is 2.11. The summed E-state index contributed by atoms with van der Waals surface area (Å²) in [4.78, 5) is 17.6. The Morgan fingerprint density at radius 3 is 2.75 bits per heavy atom. The van der Waals surface area contributed by atoms with E-state index < -0.39 is 0 Å². The van der Waals surface area contributed by atoms with Crippen LogP contribution in [-0.4, -0.2) is 28.1 Å². The topological polar surface area (TPSA) is 71.3 Å². The Labute approximate surface area is 117 Å².